The van der Waals surface area contributed by atoms with Gasteiger partial charge in [-0.1, -0.05) is 0 Å². The largest absolute Gasteiger partial charge is 0.393 e. The normalized spacial score (nSPS) is 13.2. The van der Waals surface area contributed by atoms with Crippen LogP contribution in [0.1, 0.15) is 19.0 Å². The third kappa shape index (κ3) is 2.23. The smallest absolute Gasteiger partial charge is 0.145 e. The number of aromatic nitrogens is 2. The number of aliphatic hydroxyl groups is 1. The van der Waals surface area contributed by atoms with Crippen LogP contribution < -0.4 is 5.73 Å². The van der Waals surface area contributed by atoms with Crippen LogP contribution in [-0.4, -0.2) is 21.0 Å². The zero-order chi connectivity index (χ0) is 9.14. The number of nitrogens with zero attached hydrogens (tertiary/aromatic N) is 2. The number of hydrogen-bond acceptors (Lipinski definition) is 3. The Morgan fingerprint density at radius 1 is 1.75 bits per heavy atom. The number of rotatable bonds is 3. The van der Waals surface area contributed by atoms with Gasteiger partial charge in [-0.25, -0.2) is 0 Å². The van der Waals surface area contributed by atoms with Gasteiger partial charge < -0.3 is 10.8 Å². The van der Waals surface area contributed by atoms with Crippen LogP contribution in [0.4, 0.5) is 5.82 Å². The fourth-order valence-corrected chi connectivity index (χ4v) is 1.07. The van der Waals surface area contributed by atoms with Crippen LogP contribution in [0.2, 0.25) is 0 Å². The first-order valence-corrected chi connectivity index (χ1v) is 4.07. The molecule has 1 heterocycles. The van der Waals surface area contributed by atoms with E-state index in [-0.39, 0.29) is 6.10 Å². The van der Waals surface area contributed by atoms with Crippen molar-refractivity contribution in [3.63, 3.8) is 0 Å². The first kappa shape index (κ1) is 9.06. The summed E-state index contributed by atoms with van der Waals surface area (Å²) < 4.78 is 1.81. The maximum Gasteiger partial charge on any atom is 0.145 e. The second-order valence-corrected chi connectivity index (χ2v) is 3.07. The van der Waals surface area contributed by atoms with E-state index >= 15 is 0 Å². The van der Waals surface area contributed by atoms with Gasteiger partial charge >= 0.3 is 0 Å². The van der Waals surface area contributed by atoms with Gasteiger partial charge in [0.2, 0.25) is 0 Å². The fourth-order valence-electron chi connectivity index (χ4n) is 1.07. The predicted molar refractivity (Wildman–Crippen MR) is 47.7 cm³/mol. The van der Waals surface area contributed by atoms with Gasteiger partial charge in [0.05, 0.1) is 6.10 Å². The SMILES string of the molecule is Cc1cc(N)nn1CCC(C)O. The lowest BCUT2D eigenvalue weighted by Gasteiger charge is -2.05. The molecule has 1 aromatic rings. The minimum atomic E-state index is -0.283. The Hall–Kier alpha value is -1.03. The lowest BCUT2D eigenvalue weighted by Crippen LogP contribution is -2.09. The quantitative estimate of drug-likeness (QED) is 0.694. The van der Waals surface area contributed by atoms with Crippen molar-refractivity contribution in [2.45, 2.75) is 32.9 Å². The van der Waals surface area contributed by atoms with Crippen molar-refractivity contribution in [2.24, 2.45) is 0 Å². The van der Waals surface area contributed by atoms with Crippen LogP contribution in [0.3, 0.4) is 0 Å². The number of anilines is 1. The molecular weight excluding hydrogens is 154 g/mol. The summed E-state index contributed by atoms with van der Waals surface area (Å²) in [7, 11) is 0. The molecule has 1 atom stereocenters. The summed E-state index contributed by atoms with van der Waals surface area (Å²) in [5.74, 6) is 0.540. The molecule has 0 aliphatic heterocycles. The third-order valence-electron chi connectivity index (χ3n) is 1.76. The molecule has 0 aliphatic rings. The summed E-state index contributed by atoms with van der Waals surface area (Å²) in [5, 5.41) is 13.1. The predicted octanol–water partition coefficient (Wildman–Crippen LogP) is 0.545. The molecule has 0 radical (unpaired) electrons. The molecule has 1 unspecified atom stereocenters. The average molecular weight is 169 g/mol. The van der Waals surface area contributed by atoms with Gasteiger partial charge in [0.1, 0.15) is 5.82 Å². The molecule has 68 valence electrons. The molecule has 12 heavy (non-hydrogen) atoms. The highest BCUT2D eigenvalue weighted by Crippen LogP contribution is 2.05. The van der Waals surface area contributed by atoms with Crippen LogP contribution in [0, 0.1) is 6.92 Å². The highest BCUT2D eigenvalue weighted by atomic mass is 16.3. The maximum atomic E-state index is 9.04. The molecule has 0 aliphatic carbocycles. The van der Waals surface area contributed by atoms with Crippen molar-refractivity contribution in [1.82, 2.24) is 9.78 Å². The van der Waals surface area contributed by atoms with E-state index in [2.05, 4.69) is 5.10 Å². The Bertz CT molecular complexity index is 255. The van der Waals surface area contributed by atoms with Crippen molar-refractivity contribution in [3.05, 3.63) is 11.8 Å². The van der Waals surface area contributed by atoms with Gasteiger partial charge in [-0.15, -0.1) is 0 Å². The Morgan fingerprint density at radius 2 is 2.42 bits per heavy atom. The van der Waals surface area contributed by atoms with Crippen LogP contribution in [0.5, 0.6) is 0 Å². The first-order valence-electron chi connectivity index (χ1n) is 4.07. The zero-order valence-electron chi connectivity index (χ0n) is 7.49. The van der Waals surface area contributed by atoms with Crippen molar-refractivity contribution < 1.29 is 5.11 Å². The molecule has 0 amide bonds. The van der Waals surface area contributed by atoms with Gasteiger partial charge in [-0.2, -0.15) is 5.10 Å². The van der Waals surface area contributed by atoms with Crippen LogP contribution in [0.15, 0.2) is 6.07 Å². The molecule has 4 nitrogen and oxygen atoms in total. The van der Waals surface area contributed by atoms with Gasteiger partial charge in [0, 0.05) is 18.3 Å². The first-order chi connectivity index (χ1) is 5.59. The molecule has 0 saturated heterocycles. The summed E-state index contributed by atoms with van der Waals surface area (Å²) in [6, 6.07) is 1.82. The second-order valence-electron chi connectivity index (χ2n) is 3.07. The Labute approximate surface area is 72.0 Å². The number of aliphatic hydroxyl groups excluding tert-OH is 1. The van der Waals surface area contributed by atoms with Crippen LogP contribution in [0.25, 0.3) is 0 Å². The van der Waals surface area contributed by atoms with Crippen molar-refractivity contribution in [3.8, 4) is 0 Å². The highest BCUT2D eigenvalue weighted by Gasteiger charge is 2.02. The minimum absolute atomic E-state index is 0.283. The van der Waals surface area contributed by atoms with Crippen LogP contribution >= 0.6 is 0 Å². The molecule has 3 N–H and O–H groups in total. The molecule has 0 fully saturated rings. The fraction of sp³-hybridized carbons (Fsp3) is 0.625. The second kappa shape index (κ2) is 3.58. The summed E-state index contributed by atoms with van der Waals surface area (Å²) in [4.78, 5) is 0. The Kier molecular flexibility index (Phi) is 2.70. The summed E-state index contributed by atoms with van der Waals surface area (Å²) in [5.41, 5.74) is 6.53. The summed E-state index contributed by atoms with van der Waals surface area (Å²) >= 11 is 0. The molecule has 0 bridgehead atoms. The number of aryl methyl sites for hydroxylation is 2. The third-order valence-corrected chi connectivity index (χ3v) is 1.76. The number of hydrogen-bond donors (Lipinski definition) is 2. The van der Waals surface area contributed by atoms with Crippen molar-refractivity contribution in [2.75, 3.05) is 5.73 Å². The monoisotopic (exact) mass is 169 g/mol. The molecular formula is C8H15N3O. The number of nitrogen functional groups attached to an aromatic ring is 1. The van der Waals surface area contributed by atoms with E-state index < -0.39 is 0 Å². The lowest BCUT2D eigenvalue weighted by atomic mass is 10.3. The topological polar surface area (TPSA) is 64.1 Å². The van der Waals surface area contributed by atoms with Crippen molar-refractivity contribution in [1.29, 1.82) is 0 Å². The molecule has 1 rings (SSSR count). The van der Waals surface area contributed by atoms with Gasteiger partial charge in [0.15, 0.2) is 0 Å². The lowest BCUT2D eigenvalue weighted by molar-refractivity contribution is 0.176. The minimum Gasteiger partial charge on any atom is -0.393 e. The molecule has 0 spiro atoms. The van der Waals surface area contributed by atoms with E-state index in [0.29, 0.717) is 12.2 Å². The van der Waals surface area contributed by atoms with E-state index in [1.165, 1.54) is 0 Å². The standard InChI is InChI=1S/C8H15N3O/c1-6-5-8(9)10-11(6)4-3-7(2)12/h5,7,12H,3-4H2,1-2H3,(H2,9,10). The van der Waals surface area contributed by atoms with E-state index in [1.54, 1.807) is 6.92 Å². The summed E-state index contributed by atoms with van der Waals surface area (Å²) in [6.45, 7) is 4.44. The zero-order valence-corrected chi connectivity index (χ0v) is 7.49. The maximum absolute atomic E-state index is 9.04. The van der Waals surface area contributed by atoms with Crippen LogP contribution in [-0.2, 0) is 6.54 Å². The van der Waals surface area contributed by atoms with Gasteiger partial charge in [-0.05, 0) is 20.3 Å². The van der Waals surface area contributed by atoms with Gasteiger partial charge in [-0.3, -0.25) is 4.68 Å². The van der Waals surface area contributed by atoms with Crippen molar-refractivity contribution >= 4 is 5.82 Å². The number of nitrogens with two attached hydrogens (primary N) is 1. The molecule has 4 heteroatoms. The van der Waals surface area contributed by atoms with E-state index in [0.717, 1.165) is 12.2 Å². The van der Waals surface area contributed by atoms with Gasteiger partial charge in [0.25, 0.3) is 0 Å². The molecule has 0 saturated carbocycles. The molecule has 0 aromatic carbocycles. The van der Waals surface area contributed by atoms with E-state index in [9.17, 15) is 0 Å². The highest BCUT2D eigenvalue weighted by molar-refractivity contribution is 5.28. The summed E-state index contributed by atoms with van der Waals surface area (Å²) in [6.07, 6.45) is 0.428. The van der Waals surface area contributed by atoms with E-state index in [4.69, 9.17) is 10.8 Å². The molecule has 1 aromatic heterocycles. The van der Waals surface area contributed by atoms with E-state index in [1.807, 2.05) is 17.7 Å². The average Bonchev–Trinajstić information content (AvgIpc) is 2.26. The Balaban J connectivity index is 2.57. The Morgan fingerprint density at radius 3 is 2.83 bits per heavy atom.